The highest BCUT2D eigenvalue weighted by molar-refractivity contribution is 8.15. The molecule has 1 aromatic heterocycles. The summed E-state index contributed by atoms with van der Waals surface area (Å²) in [5.74, 6) is -0.352. The van der Waals surface area contributed by atoms with Gasteiger partial charge in [-0.25, -0.2) is 22.9 Å². The molecule has 0 aliphatic carbocycles. The lowest BCUT2D eigenvalue weighted by molar-refractivity contribution is 0.102. The van der Waals surface area contributed by atoms with Crippen molar-refractivity contribution in [3.8, 4) is 0 Å². The predicted molar refractivity (Wildman–Crippen MR) is 115 cm³/mol. The molecule has 1 aliphatic rings. The van der Waals surface area contributed by atoms with Gasteiger partial charge in [0.2, 0.25) is 10.0 Å². The maximum atomic E-state index is 12.4. The van der Waals surface area contributed by atoms with Gasteiger partial charge in [0.15, 0.2) is 5.13 Å². The Labute approximate surface area is 176 Å². The minimum absolute atomic E-state index is 0.147. The molecule has 3 rings (SSSR count). The highest BCUT2D eigenvalue weighted by Gasteiger charge is 2.30. The molecule has 2 aromatic rings. The minimum Gasteiger partial charge on any atom is -0.326 e. The van der Waals surface area contributed by atoms with Crippen molar-refractivity contribution in [1.29, 1.82) is 0 Å². The zero-order valence-electron chi connectivity index (χ0n) is 15.3. The van der Waals surface area contributed by atoms with E-state index >= 15 is 0 Å². The van der Waals surface area contributed by atoms with E-state index in [2.05, 4.69) is 15.6 Å². The van der Waals surface area contributed by atoms with Gasteiger partial charge in [0, 0.05) is 12.1 Å². The number of thioether (sulfide) groups is 1. The van der Waals surface area contributed by atoms with E-state index in [1.807, 2.05) is 17.7 Å². The van der Waals surface area contributed by atoms with Gasteiger partial charge in [-0.1, -0.05) is 35.6 Å². The molecule has 0 saturated heterocycles. The number of nitrogens with one attached hydrogen (secondary N) is 3. The number of hydrogen-bond acceptors (Lipinski definition) is 8. The third-order valence-electron chi connectivity index (χ3n) is 3.94. The molecular weight excluding hydrogens is 434 g/mol. The molecule has 12 heteroatoms. The fourth-order valence-electron chi connectivity index (χ4n) is 2.56. The Hall–Kier alpha value is -2.41. The van der Waals surface area contributed by atoms with E-state index in [1.165, 1.54) is 18.0 Å². The summed E-state index contributed by atoms with van der Waals surface area (Å²) in [5, 5.41) is 5.60. The van der Waals surface area contributed by atoms with Crippen LogP contribution in [0.25, 0.3) is 0 Å². The number of amides is 3. The second-order valence-corrected chi connectivity index (χ2v) is 10.7. The van der Waals surface area contributed by atoms with E-state index in [-0.39, 0.29) is 17.6 Å². The smallest absolute Gasteiger partial charge is 0.326 e. The van der Waals surface area contributed by atoms with Gasteiger partial charge in [0.25, 0.3) is 5.91 Å². The Morgan fingerprint density at radius 2 is 2.03 bits per heavy atom. The van der Waals surface area contributed by atoms with Crippen LogP contribution in [-0.2, 0) is 16.6 Å². The van der Waals surface area contributed by atoms with Crippen molar-refractivity contribution in [3.63, 3.8) is 0 Å². The standard InChI is InChI=1S/C17H19N5O4S3/c1-10-6-7-14(27-10)29(25,26)22-16(24)21-17-19-9-13(28-17)20-15(23)12-5-3-2-4-11(12)8-18/h2-6,9,14H,7-8,18H2,1H3,(H,20,23)(H2,19,21,22,24). The van der Waals surface area contributed by atoms with Crippen molar-refractivity contribution in [3.05, 3.63) is 52.6 Å². The van der Waals surface area contributed by atoms with Gasteiger partial charge in [-0.15, -0.1) is 11.8 Å². The van der Waals surface area contributed by atoms with Gasteiger partial charge < -0.3 is 11.1 Å². The normalized spacial score (nSPS) is 16.2. The van der Waals surface area contributed by atoms with Crippen molar-refractivity contribution in [2.45, 2.75) is 24.5 Å². The summed E-state index contributed by atoms with van der Waals surface area (Å²) in [6.45, 7) is 2.04. The van der Waals surface area contributed by atoms with Crippen LogP contribution in [0, 0.1) is 0 Å². The van der Waals surface area contributed by atoms with Gasteiger partial charge in [-0.3, -0.25) is 10.1 Å². The van der Waals surface area contributed by atoms with Gasteiger partial charge in [0.05, 0.1) is 6.20 Å². The number of carbonyl (C=O) groups is 2. The van der Waals surface area contributed by atoms with Crippen molar-refractivity contribution >= 4 is 55.2 Å². The summed E-state index contributed by atoms with van der Waals surface area (Å²) >= 11 is 2.19. The number of nitrogens with zero attached hydrogens (tertiary/aromatic N) is 1. The molecule has 1 atom stereocenters. The lowest BCUT2D eigenvalue weighted by atomic mass is 10.1. The molecule has 29 heavy (non-hydrogen) atoms. The maximum Gasteiger partial charge on any atom is 0.334 e. The van der Waals surface area contributed by atoms with Crippen LogP contribution in [-0.4, -0.2) is 29.9 Å². The number of anilines is 2. The predicted octanol–water partition coefficient (Wildman–Crippen LogP) is 2.67. The molecule has 0 fully saturated rings. The number of thiazole rings is 1. The Balaban J connectivity index is 1.59. The number of hydrogen-bond donors (Lipinski definition) is 4. The number of benzene rings is 1. The first-order valence-corrected chi connectivity index (χ1v) is 11.7. The molecule has 0 saturated carbocycles. The first kappa shape index (κ1) is 21.3. The number of allylic oxidation sites excluding steroid dienone is 2. The largest absolute Gasteiger partial charge is 0.334 e. The quantitative estimate of drug-likeness (QED) is 0.526. The molecular formula is C17H19N5O4S3. The zero-order chi connectivity index (χ0) is 21.0. The monoisotopic (exact) mass is 453 g/mol. The van der Waals surface area contributed by atoms with E-state index in [1.54, 1.807) is 24.3 Å². The summed E-state index contributed by atoms with van der Waals surface area (Å²) in [6, 6.07) is 6.04. The summed E-state index contributed by atoms with van der Waals surface area (Å²) in [7, 11) is -3.82. The molecule has 154 valence electrons. The molecule has 1 aromatic carbocycles. The van der Waals surface area contributed by atoms with Crippen LogP contribution in [0.1, 0.15) is 29.3 Å². The first-order chi connectivity index (χ1) is 13.8. The number of carbonyl (C=O) groups excluding carboxylic acids is 2. The van der Waals surface area contributed by atoms with E-state index in [0.29, 0.717) is 22.5 Å². The van der Waals surface area contributed by atoms with Crippen LogP contribution in [0.5, 0.6) is 0 Å². The molecule has 1 unspecified atom stereocenters. The van der Waals surface area contributed by atoms with Crippen molar-refractivity contribution in [1.82, 2.24) is 9.71 Å². The molecule has 0 spiro atoms. The summed E-state index contributed by atoms with van der Waals surface area (Å²) in [4.78, 5) is 29.3. The Morgan fingerprint density at radius 1 is 1.28 bits per heavy atom. The summed E-state index contributed by atoms with van der Waals surface area (Å²) < 4.78 is 25.7. The zero-order valence-corrected chi connectivity index (χ0v) is 17.8. The highest BCUT2D eigenvalue weighted by atomic mass is 32.3. The van der Waals surface area contributed by atoms with Crippen LogP contribution >= 0.6 is 23.1 Å². The molecule has 1 aliphatic heterocycles. The topological polar surface area (TPSA) is 143 Å². The number of rotatable bonds is 6. The van der Waals surface area contributed by atoms with Crippen LogP contribution in [0.4, 0.5) is 14.9 Å². The second-order valence-electron chi connectivity index (χ2n) is 6.04. The lowest BCUT2D eigenvalue weighted by Crippen LogP contribution is -2.38. The van der Waals surface area contributed by atoms with Gasteiger partial charge >= 0.3 is 6.03 Å². The number of aromatic nitrogens is 1. The van der Waals surface area contributed by atoms with Gasteiger partial charge in [-0.2, -0.15) is 0 Å². The SMILES string of the molecule is CC1=CCC(S(=O)(=O)NC(=O)Nc2ncc(NC(=O)c3ccccc3CN)s2)S1. The molecule has 9 nitrogen and oxygen atoms in total. The Kier molecular flexibility index (Phi) is 6.57. The van der Waals surface area contributed by atoms with E-state index < -0.39 is 20.6 Å². The minimum atomic E-state index is -3.82. The Morgan fingerprint density at radius 3 is 2.72 bits per heavy atom. The lowest BCUT2D eigenvalue weighted by Gasteiger charge is -2.12. The molecule has 3 amide bonds. The number of nitrogens with two attached hydrogens (primary N) is 1. The second kappa shape index (κ2) is 8.95. The molecule has 2 heterocycles. The van der Waals surface area contributed by atoms with Crippen LogP contribution < -0.4 is 21.1 Å². The van der Waals surface area contributed by atoms with Crippen LogP contribution in [0.3, 0.4) is 0 Å². The fraction of sp³-hybridized carbons (Fsp3) is 0.235. The van der Waals surface area contributed by atoms with Crippen molar-refractivity contribution in [2.24, 2.45) is 5.73 Å². The van der Waals surface area contributed by atoms with E-state index in [9.17, 15) is 18.0 Å². The van der Waals surface area contributed by atoms with Crippen molar-refractivity contribution < 1.29 is 18.0 Å². The highest BCUT2D eigenvalue weighted by Crippen LogP contribution is 2.34. The number of urea groups is 1. The van der Waals surface area contributed by atoms with E-state index in [0.717, 1.165) is 16.2 Å². The van der Waals surface area contributed by atoms with Crippen molar-refractivity contribution in [2.75, 3.05) is 10.6 Å². The first-order valence-electron chi connectivity index (χ1n) is 8.49. The average molecular weight is 454 g/mol. The third kappa shape index (κ3) is 5.35. The van der Waals surface area contributed by atoms with Crippen LogP contribution in [0.15, 0.2) is 41.4 Å². The van der Waals surface area contributed by atoms with Gasteiger partial charge in [0.1, 0.15) is 9.58 Å². The average Bonchev–Trinajstić information content (AvgIpc) is 3.30. The maximum absolute atomic E-state index is 12.4. The summed E-state index contributed by atoms with van der Waals surface area (Å²) in [5.41, 5.74) is 6.79. The van der Waals surface area contributed by atoms with Crippen LogP contribution in [0.2, 0.25) is 0 Å². The third-order valence-corrected chi connectivity index (χ3v) is 8.17. The number of sulfonamides is 1. The van der Waals surface area contributed by atoms with Gasteiger partial charge in [-0.05, 0) is 29.9 Å². The Bertz CT molecular complexity index is 1060. The molecule has 0 bridgehead atoms. The molecule has 0 radical (unpaired) electrons. The summed E-state index contributed by atoms with van der Waals surface area (Å²) in [6.07, 6.45) is 3.53. The fourth-order valence-corrected chi connectivity index (χ4v) is 5.97. The van der Waals surface area contributed by atoms with E-state index in [4.69, 9.17) is 5.73 Å². The molecule has 5 N–H and O–H groups in total.